The largest absolute Gasteiger partial charge is 0.457 e. The molecule has 4 rings (SSSR count). The van der Waals surface area contributed by atoms with E-state index in [9.17, 15) is 14.0 Å². The van der Waals surface area contributed by atoms with Crippen molar-refractivity contribution in [1.29, 1.82) is 0 Å². The van der Waals surface area contributed by atoms with Crippen molar-refractivity contribution in [2.75, 3.05) is 31.2 Å². The lowest BCUT2D eigenvalue weighted by Gasteiger charge is -2.25. The number of anilines is 1. The number of ether oxygens (including phenoxy) is 2. The van der Waals surface area contributed by atoms with Crippen molar-refractivity contribution in [2.24, 2.45) is 0 Å². The number of halogens is 1. The van der Waals surface area contributed by atoms with Gasteiger partial charge in [0.05, 0.1) is 13.2 Å². The first-order valence-electron chi connectivity index (χ1n) is 9.51. The van der Waals surface area contributed by atoms with Crippen LogP contribution in [-0.2, 0) is 4.74 Å². The van der Waals surface area contributed by atoms with Crippen molar-refractivity contribution in [3.05, 3.63) is 71.0 Å². The van der Waals surface area contributed by atoms with Gasteiger partial charge in [-0.15, -0.1) is 11.3 Å². The summed E-state index contributed by atoms with van der Waals surface area (Å²) < 4.78 is 23.9. The number of nitrogens with zero attached hydrogens (tertiary/aromatic N) is 2. The number of benzene rings is 2. The first-order valence-corrected chi connectivity index (χ1v) is 10.4. The zero-order chi connectivity index (χ0) is 21.6. The Morgan fingerprint density at radius 2 is 1.58 bits per heavy atom. The van der Waals surface area contributed by atoms with E-state index in [4.69, 9.17) is 9.47 Å². The molecule has 0 aliphatic carbocycles. The monoisotopic (exact) mass is 442 g/mol. The summed E-state index contributed by atoms with van der Waals surface area (Å²) in [4.78, 5) is 31.0. The third kappa shape index (κ3) is 5.36. The van der Waals surface area contributed by atoms with Gasteiger partial charge in [-0.25, -0.2) is 9.37 Å². The van der Waals surface area contributed by atoms with Crippen molar-refractivity contribution in [3.63, 3.8) is 0 Å². The average Bonchev–Trinajstić information content (AvgIpc) is 3.30. The normalized spacial score (nSPS) is 13.5. The highest BCUT2D eigenvalue weighted by molar-refractivity contribution is 7.13. The summed E-state index contributed by atoms with van der Waals surface area (Å²) in [6, 6.07) is 11.9. The van der Waals surface area contributed by atoms with E-state index in [-0.39, 0.29) is 11.5 Å². The lowest BCUT2D eigenvalue weighted by molar-refractivity contribution is 0.0844. The van der Waals surface area contributed by atoms with Crippen molar-refractivity contribution in [1.82, 2.24) is 15.8 Å². The maximum absolute atomic E-state index is 13.0. The number of hydrazine groups is 1. The molecule has 1 aromatic heterocycles. The number of aromatic nitrogens is 1. The van der Waals surface area contributed by atoms with E-state index in [0.29, 0.717) is 30.3 Å². The molecule has 2 N–H and O–H groups in total. The van der Waals surface area contributed by atoms with E-state index in [0.717, 1.165) is 18.2 Å². The number of morpholine rings is 1. The Kier molecular flexibility index (Phi) is 6.39. The number of nitrogens with one attached hydrogen (secondary N) is 2. The van der Waals surface area contributed by atoms with Crippen LogP contribution in [-0.4, -0.2) is 43.1 Å². The number of thiazole rings is 1. The Bertz CT molecular complexity index is 1050. The number of amides is 2. The van der Waals surface area contributed by atoms with Crippen LogP contribution in [0.25, 0.3) is 0 Å². The Hall–Kier alpha value is -3.50. The Morgan fingerprint density at radius 3 is 2.26 bits per heavy atom. The summed E-state index contributed by atoms with van der Waals surface area (Å²) in [5, 5.41) is 2.39. The van der Waals surface area contributed by atoms with Crippen LogP contribution in [0.15, 0.2) is 53.9 Å². The van der Waals surface area contributed by atoms with Gasteiger partial charge in [0.2, 0.25) is 0 Å². The molecular formula is C21H19FN4O4S. The van der Waals surface area contributed by atoms with Crippen molar-refractivity contribution in [3.8, 4) is 11.5 Å². The summed E-state index contributed by atoms with van der Waals surface area (Å²) in [7, 11) is 0. The zero-order valence-corrected chi connectivity index (χ0v) is 17.2. The molecule has 0 unspecified atom stereocenters. The maximum Gasteiger partial charge on any atom is 0.289 e. The molecule has 2 amide bonds. The number of carbonyl (C=O) groups excluding carboxylic acids is 2. The van der Waals surface area contributed by atoms with Gasteiger partial charge in [0.25, 0.3) is 11.8 Å². The van der Waals surface area contributed by atoms with E-state index >= 15 is 0 Å². The molecule has 10 heteroatoms. The minimum atomic E-state index is -0.500. The molecule has 1 fully saturated rings. The van der Waals surface area contributed by atoms with Crippen LogP contribution in [0.1, 0.15) is 20.8 Å². The SMILES string of the molecule is O=C(NNC(=O)c1csc(N2CCOCC2)n1)c1ccc(Oc2ccc(F)cc2)cc1. The smallest absolute Gasteiger partial charge is 0.289 e. The third-order valence-corrected chi connectivity index (χ3v) is 5.36. The van der Waals surface area contributed by atoms with Crippen LogP contribution in [0.4, 0.5) is 9.52 Å². The van der Waals surface area contributed by atoms with Crippen LogP contribution in [0, 0.1) is 5.82 Å². The van der Waals surface area contributed by atoms with Gasteiger partial charge >= 0.3 is 0 Å². The predicted molar refractivity (Wildman–Crippen MR) is 113 cm³/mol. The average molecular weight is 442 g/mol. The van der Waals surface area contributed by atoms with Gasteiger partial charge in [-0.05, 0) is 48.5 Å². The van der Waals surface area contributed by atoms with E-state index in [1.165, 1.54) is 35.6 Å². The number of hydrogen-bond donors (Lipinski definition) is 2. The van der Waals surface area contributed by atoms with Gasteiger partial charge in [0.1, 0.15) is 23.0 Å². The molecule has 1 aliphatic rings. The predicted octanol–water partition coefficient (Wildman–Crippen LogP) is 2.99. The van der Waals surface area contributed by atoms with Crippen LogP contribution in [0.2, 0.25) is 0 Å². The lowest BCUT2D eigenvalue weighted by atomic mass is 10.2. The van der Waals surface area contributed by atoms with Crippen molar-refractivity contribution in [2.45, 2.75) is 0 Å². The van der Waals surface area contributed by atoms with Gasteiger partial charge in [0, 0.05) is 24.0 Å². The first kappa shape index (κ1) is 20.8. The minimum Gasteiger partial charge on any atom is -0.457 e. The number of rotatable bonds is 5. The van der Waals surface area contributed by atoms with Gasteiger partial charge < -0.3 is 14.4 Å². The topological polar surface area (TPSA) is 92.8 Å². The summed E-state index contributed by atoms with van der Waals surface area (Å²) in [6.45, 7) is 2.72. The molecule has 1 aliphatic heterocycles. The molecule has 0 radical (unpaired) electrons. The molecule has 0 saturated carbocycles. The van der Waals surface area contributed by atoms with E-state index in [1.54, 1.807) is 29.6 Å². The summed E-state index contributed by atoms with van der Waals surface area (Å²) in [6.07, 6.45) is 0. The highest BCUT2D eigenvalue weighted by Gasteiger charge is 2.18. The number of hydrogen-bond acceptors (Lipinski definition) is 7. The molecule has 2 heterocycles. The Balaban J connectivity index is 1.29. The molecule has 0 spiro atoms. The molecule has 3 aromatic rings. The van der Waals surface area contributed by atoms with Gasteiger partial charge in [0.15, 0.2) is 5.13 Å². The third-order valence-electron chi connectivity index (χ3n) is 4.46. The molecular weight excluding hydrogens is 423 g/mol. The van der Waals surface area contributed by atoms with E-state index in [2.05, 4.69) is 20.7 Å². The fraction of sp³-hybridized carbons (Fsp3) is 0.190. The fourth-order valence-electron chi connectivity index (χ4n) is 2.83. The van der Waals surface area contributed by atoms with E-state index < -0.39 is 11.8 Å². The maximum atomic E-state index is 13.0. The van der Waals surface area contributed by atoms with Crippen LogP contribution >= 0.6 is 11.3 Å². The van der Waals surface area contributed by atoms with Gasteiger partial charge in [-0.3, -0.25) is 20.4 Å². The van der Waals surface area contributed by atoms with Crippen molar-refractivity contribution >= 4 is 28.3 Å². The highest BCUT2D eigenvalue weighted by atomic mass is 32.1. The second-order valence-electron chi connectivity index (χ2n) is 6.60. The van der Waals surface area contributed by atoms with Gasteiger partial charge in [-0.2, -0.15) is 0 Å². The molecule has 2 aromatic carbocycles. The lowest BCUT2D eigenvalue weighted by Crippen LogP contribution is -2.41. The summed E-state index contributed by atoms with van der Waals surface area (Å²) in [5.41, 5.74) is 5.30. The summed E-state index contributed by atoms with van der Waals surface area (Å²) in [5.74, 6) is -0.363. The van der Waals surface area contributed by atoms with Crippen LogP contribution in [0.3, 0.4) is 0 Å². The molecule has 160 valence electrons. The second-order valence-corrected chi connectivity index (χ2v) is 7.44. The van der Waals surface area contributed by atoms with Crippen molar-refractivity contribution < 1.29 is 23.5 Å². The minimum absolute atomic E-state index is 0.231. The quantitative estimate of drug-likeness (QED) is 0.590. The molecule has 8 nitrogen and oxygen atoms in total. The number of carbonyl (C=O) groups is 2. The molecule has 31 heavy (non-hydrogen) atoms. The molecule has 0 atom stereocenters. The Labute approximate surface area is 181 Å². The molecule has 1 saturated heterocycles. The standard InChI is InChI=1S/C21H19FN4O4S/c22-15-3-7-17(8-4-15)30-16-5-1-14(2-6-16)19(27)24-25-20(28)18-13-31-21(23-18)26-9-11-29-12-10-26/h1-8,13H,9-12H2,(H,24,27)(H,25,28). The van der Waals surface area contributed by atoms with Gasteiger partial charge in [-0.1, -0.05) is 0 Å². The highest BCUT2D eigenvalue weighted by Crippen LogP contribution is 2.22. The summed E-state index contributed by atoms with van der Waals surface area (Å²) >= 11 is 1.37. The molecule has 0 bridgehead atoms. The zero-order valence-electron chi connectivity index (χ0n) is 16.3. The Morgan fingerprint density at radius 1 is 0.968 bits per heavy atom. The van der Waals surface area contributed by atoms with Crippen LogP contribution < -0.4 is 20.5 Å². The fourth-order valence-corrected chi connectivity index (χ4v) is 3.69. The second kappa shape index (κ2) is 9.54. The van der Waals surface area contributed by atoms with E-state index in [1.807, 2.05) is 0 Å². The first-order chi connectivity index (χ1) is 15.1. The van der Waals surface area contributed by atoms with Crippen LogP contribution in [0.5, 0.6) is 11.5 Å².